The molecule has 8 nitrogen and oxygen atoms in total. The van der Waals surface area contributed by atoms with Gasteiger partial charge in [0.2, 0.25) is 5.82 Å². The second-order valence-electron chi connectivity index (χ2n) is 5.57. The fourth-order valence-corrected chi connectivity index (χ4v) is 2.47. The Morgan fingerprint density at radius 1 is 1.48 bits per heavy atom. The summed E-state index contributed by atoms with van der Waals surface area (Å²) in [6.07, 6.45) is 4.13. The Morgan fingerprint density at radius 3 is 3.00 bits per heavy atom. The molecule has 1 unspecified atom stereocenters. The van der Waals surface area contributed by atoms with Crippen LogP contribution in [0.15, 0.2) is 10.7 Å². The molecule has 1 saturated heterocycles. The van der Waals surface area contributed by atoms with E-state index in [-0.39, 0.29) is 6.10 Å². The van der Waals surface area contributed by atoms with E-state index in [0.29, 0.717) is 36.0 Å². The van der Waals surface area contributed by atoms with Crippen LogP contribution in [-0.4, -0.2) is 44.8 Å². The smallest absolute Gasteiger partial charge is 0.280 e. The molecule has 21 heavy (non-hydrogen) atoms. The van der Waals surface area contributed by atoms with Crippen molar-refractivity contribution in [3.63, 3.8) is 0 Å². The zero-order valence-electron chi connectivity index (χ0n) is 11.9. The summed E-state index contributed by atoms with van der Waals surface area (Å²) < 4.78 is 12.9. The first kappa shape index (κ1) is 12.9. The van der Waals surface area contributed by atoms with Gasteiger partial charge in [0.25, 0.3) is 5.89 Å². The van der Waals surface area contributed by atoms with E-state index in [9.17, 15) is 0 Å². The lowest BCUT2D eigenvalue weighted by Gasteiger charge is -2.26. The van der Waals surface area contributed by atoms with Crippen LogP contribution >= 0.6 is 0 Å². The molecule has 112 valence electrons. The molecule has 0 bridgehead atoms. The molecule has 2 aromatic rings. The Hall–Kier alpha value is -1.80. The second kappa shape index (κ2) is 5.19. The highest BCUT2D eigenvalue weighted by molar-refractivity contribution is 5.43. The lowest BCUT2D eigenvalue weighted by molar-refractivity contribution is 0.0385. The third-order valence-corrected chi connectivity index (χ3v) is 3.96. The Labute approximate surface area is 121 Å². The minimum absolute atomic E-state index is 0.0571. The monoisotopic (exact) mass is 290 g/mol. The van der Waals surface area contributed by atoms with Gasteiger partial charge in [-0.25, -0.2) is 4.68 Å². The van der Waals surface area contributed by atoms with Crippen molar-refractivity contribution in [1.29, 1.82) is 0 Å². The van der Waals surface area contributed by atoms with Crippen molar-refractivity contribution >= 4 is 0 Å². The molecule has 0 aromatic carbocycles. The van der Waals surface area contributed by atoms with Crippen LogP contribution < -0.4 is 5.32 Å². The first-order valence-electron chi connectivity index (χ1n) is 7.43. The van der Waals surface area contributed by atoms with Crippen LogP contribution in [0.5, 0.6) is 0 Å². The van der Waals surface area contributed by atoms with Gasteiger partial charge in [-0.1, -0.05) is 10.4 Å². The number of hydrogen-bond acceptors (Lipinski definition) is 7. The van der Waals surface area contributed by atoms with Gasteiger partial charge >= 0.3 is 0 Å². The Morgan fingerprint density at radius 2 is 2.33 bits per heavy atom. The molecule has 0 radical (unpaired) electrons. The van der Waals surface area contributed by atoms with Gasteiger partial charge in [0, 0.05) is 19.7 Å². The quantitative estimate of drug-likeness (QED) is 0.847. The molecule has 1 N–H and O–H groups in total. The van der Waals surface area contributed by atoms with Gasteiger partial charge in [-0.3, -0.25) is 0 Å². The van der Waals surface area contributed by atoms with Crippen molar-refractivity contribution in [2.24, 2.45) is 5.92 Å². The fourth-order valence-electron chi connectivity index (χ4n) is 2.47. The van der Waals surface area contributed by atoms with Gasteiger partial charge in [0.1, 0.15) is 6.10 Å². The lowest BCUT2D eigenvalue weighted by Crippen LogP contribution is -2.43. The van der Waals surface area contributed by atoms with E-state index in [1.54, 1.807) is 0 Å². The Balaban J connectivity index is 1.54. The number of ether oxygens (including phenoxy) is 1. The summed E-state index contributed by atoms with van der Waals surface area (Å²) in [5, 5.41) is 15.5. The second-order valence-corrected chi connectivity index (χ2v) is 5.57. The van der Waals surface area contributed by atoms with Crippen molar-refractivity contribution in [3.05, 3.63) is 12.0 Å². The van der Waals surface area contributed by atoms with E-state index < -0.39 is 0 Å². The molecule has 2 fully saturated rings. The van der Waals surface area contributed by atoms with Gasteiger partial charge in [-0.05, 0) is 25.7 Å². The molecule has 1 saturated carbocycles. The third-order valence-electron chi connectivity index (χ3n) is 3.96. The van der Waals surface area contributed by atoms with E-state index in [0.717, 1.165) is 13.1 Å². The minimum atomic E-state index is -0.0571. The molecule has 2 aliphatic rings. The van der Waals surface area contributed by atoms with Crippen molar-refractivity contribution < 1.29 is 9.26 Å². The first-order valence-corrected chi connectivity index (χ1v) is 7.43. The molecule has 8 heteroatoms. The van der Waals surface area contributed by atoms with Crippen LogP contribution in [-0.2, 0) is 4.74 Å². The van der Waals surface area contributed by atoms with Crippen LogP contribution in [0.25, 0.3) is 11.6 Å². The number of hydrogen-bond donors (Lipinski definition) is 1. The fraction of sp³-hybridized carbons (Fsp3) is 0.692. The Bertz CT molecular complexity index is 616. The zero-order chi connectivity index (χ0) is 14.2. The van der Waals surface area contributed by atoms with Crippen molar-refractivity contribution in [2.75, 3.05) is 19.7 Å². The molecule has 3 heterocycles. The summed E-state index contributed by atoms with van der Waals surface area (Å²) in [5.41, 5.74) is 0.617. The maximum atomic E-state index is 5.74. The predicted molar refractivity (Wildman–Crippen MR) is 72.3 cm³/mol. The van der Waals surface area contributed by atoms with E-state index in [4.69, 9.17) is 9.26 Å². The van der Waals surface area contributed by atoms with E-state index in [1.165, 1.54) is 12.8 Å². The van der Waals surface area contributed by atoms with Crippen LogP contribution in [0, 0.1) is 5.92 Å². The molecular weight excluding hydrogens is 272 g/mol. The van der Waals surface area contributed by atoms with Crippen LogP contribution in [0.2, 0.25) is 0 Å². The molecule has 0 spiro atoms. The lowest BCUT2D eigenvalue weighted by atomic mass is 10.2. The van der Waals surface area contributed by atoms with Gasteiger partial charge in [-0.15, -0.1) is 5.10 Å². The van der Waals surface area contributed by atoms with E-state index >= 15 is 0 Å². The number of aromatic nitrogens is 5. The molecule has 0 amide bonds. The maximum absolute atomic E-state index is 5.74. The van der Waals surface area contributed by atoms with Crippen LogP contribution in [0.1, 0.15) is 37.7 Å². The SMILES string of the molecule is CCOC(c1noc(-c2cn(C3CNC3)nn2)n1)C1CC1. The summed E-state index contributed by atoms with van der Waals surface area (Å²) in [6.45, 7) is 4.47. The topological polar surface area (TPSA) is 90.9 Å². The van der Waals surface area contributed by atoms with Crippen LogP contribution in [0.3, 0.4) is 0 Å². The summed E-state index contributed by atoms with van der Waals surface area (Å²) in [4.78, 5) is 4.44. The number of rotatable bonds is 6. The molecule has 1 atom stereocenters. The zero-order valence-corrected chi connectivity index (χ0v) is 11.9. The highest BCUT2D eigenvalue weighted by Crippen LogP contribution is 2.42. The van der Waals surface area contributed by atoms with Gasteiger partial charge in [-0.2, -0.15) is 4.98 Å². The predicted octanol–water partition coefficient (Wildman–Crippen LogP) is 0.960. The third kappa shape index (κ3) is 2.44. The first-order chi connectivity index (χ1) is 10.3. The number of nitrogens with zero attached hydrogens (tertiary/aromatic N) is 5. The molecule has 1 aliphatic carbocycles. The largest absolute Gasteiger partial charge is 0.370 e. The molecule has 1 aliphatic heterocycles. The maximum Gasteiger partial charge on any atom is 0.280 e. The van der Waals surface area contributed by atoms with Crippen molar-refractivity contribution in [1.82, 2.24) is 30.5 Å². The summed E-state index contributed by atoms with van der Waals surface area (Å²) in [6, 6.07) is 0.372. The van der Waals surface area contributed by atoms with Crippen molar-refractivity contribution in [3.8, 4) is 11.6 Å². The van der Waals surface area contributed by atoms with Gasteiger partial charge in [0.05, 0.1) is 12.2 Å². The van der Waals surface area contributed by atoms with E-state index in [2.05, 4.69) is 25.8 Å². The average Bonchev–Trinajstić information content (AvgIpc) is 2.96. The van der Waals surface area contributed by atoms with Crippen LogP contribution in [0.4, 0.5) is 0 Å². The summed E-state index contributed by atoms with van der Waals surface area (Å²) in [5.74, 6) is 1.55. The molecular formula is C13H18N6O2. The molecule has 4 rings (SSSR count). The highest BCUT2D eigenvalue weighted by Gasteiger charge is 2.36. The average molecular weight is 290 g/mol. The van der Waals surface area contributed by atoms with E-state index in [1.807, 2.05) is 17.8 Å². The molecule has 2 aromatic heterocycles. The Kier molecular flexibility index (Phi) is 3.19. The number of nitrogens with one attached hydrogen (secondary N) is 1. The normalized spacial score (nSPS) is 20.4. The van der Waals surface area contributed by atoms with Gasteiger partial charge in [0.15, 0.2) is 5.69 Å². The summed E-state index contributed by atoms with van der Waals surface area (Å²) >= 11 is 0. The standard InChI is InChI=1S/C13H18N6O2/c1-2-20-11(8-3-4-8)12-15-13(21-17-12)10-7-19(18-16-10)9-5-14-6-9/h7-9,11,14H,2-6H2,1H3. The summed E-state index contributed by atoms with van der Waals surface area (Å²) in [7, 11) is 0. The van der Waals surface area contributed by atoms with Crippen molar-refractivity contribution in [2.45, 2.75) is 31.9 Å². The highest BCUT2D eigenvalue weighted by atomic mass is 16.5. The van der Waals surface area contributed by atoms with Gasteiger partial charge < -0.3 is 14.6 Å². The minimum Gasteiger partial charge on any atom is -0.370 e.